The smallest absolute Gasteiger partial charge is 0.262 e. The van der Waals surface area contributed by atoms with Crippen LogP contribution in [0.3, 0.4) is 0 Å². The summed E-state index contributed by atoms with van der Waals surface area (Å²) in [4.78, 5) is 77.5. The second-order valence-corrected chi connectivity index (χ2v) is 17.7. The van der Waals surface area contributed by atoms with Crippen molar-refractivity contribution in [3.05, 3.63) is 93.2 Å². The summed E-state index contributed by atoms with van der Waals surface area (Å²) >= 11 is 0. The molecule has 6 heterocycles. The highest BCUT2D eigenvalue weighted by atomic mass is 16.2. The van der Waals surface area contributed by atoms with Gasteiger partial charge >= 0.3 is 0 Å². The zero-order valence-electron chi connectivity index (χ0n) is 33.2. The number of rotatable bonds is 6. The van der Waals surface area contributed by atoms with E-state index in [-0.39, 0.29) is 24.5 Å². The van der Waals surface area contributed by atoms with Crippen LogP contribution in [0, 0.1) is 17.2 Å². The largest absolute Gasteiger partial charge is 0.371 e. The van der Waals surface area contributed by atoms with Crippen molar-refractivity contribution in [3.8, 4) is 6.07 Å². The summed E-state index contributed by atoms with van der Waals surface area (Å²) in [6, 6.07) is 17.3. The van der Waals surface area contributed by atoms with Crippen molar-refractivity contribution in [2.75, 3.05) is 42.5 Å². The van der Waals surface area contributed by atoms with Gasteiger partial charge in [0.15, 0.2) is 5.78 Å². The Bertz CT molecular complexity index is 2510. The number of fused-ring (bicyclic) bond motifs is 7. The number of nitrogens with zero attached hydrogens (tertiary/aromatic N) is 5. The number of aryl methyl sites for hydroxylation is 1. The van der Waals surface area contributed by atoms with Crippen LogP contribution in [-0.4, -0.2) is 95.0 Å². The Kier molecular flexibility index (Phi) is 8.43. The van der Waals surface area contributed by atoms with Gasteiger partial charge in [-0.15, -0.1) is 0 Å². The molecule has 5 aliphatic heterocycles. The van der Waals surface area contributed by atoms with Gasteiger partial charge in [-0.1, -0.05) is 26.8 Å². The van der Waals surface area contributed by atoms with Crippen molar-refractivity contribution in [1.82, 2.24) is 20.1 Å². The zero-order chi connectivity index (χ0) is 40.2. The van der Waals surface area contributed by atoms with Gasteiger partial charge in [0.2, 0.25) is 11.8 Å². The van der Waals surface area contributed by atoms with Crippen LogP contribution in [-0.2, 0) is 21.4 Å². The van der Waals surface area contributed by atoms with E-state index in [1.165, 1.54) is 11.3 Å². The maximum Gasteiger partial charge on any atom is 0.262 e. The predicted octanol–water partition coefficient (Wildman–Crippen LogP) is 5.44. The highest BCUT2D eigenvalue weighted by molar-refractivity contribution is 6.24. The number of ketones is 1. The molecule has 1 aromatic heterocycles. The average molecular weight is 778 g/mol. The third-order valence-corrected chi connectivity index (χ3v) is 14.0. The van der Waals surface area contributed by atoms with Gasteiger partial charge in [0.1, 0.15) is 6.04 Å². The molecule has 0 radical (unpaired) electrons. The maximum absolute atomic E-state index is 14.2. The molecule has 1 aliphatic carbocycles. The summed E-state index contributed by atoms with van der Waals surface area (Å²) in [6.07, 6.45) is 5.41. The summed E-state index contributed by atoms with van der Waals surface area (Å²) < 4.78 is 0. The molecule has 4 aromatic rings. The molecule has 12 heteroatoms. The van der Waals surface area contributed by atoms with Gasteiger partial charge in [-0.05, 0) is 98.0 Å². The number of carbonyl (C=O) groups is 5. The summed E-state index contributed by atoms with van der Waals surface area (Å²) in [5, 5.41) is 12.6. The number of hydrogen-bond acceptors (Lipinski definition) is 9. The van der Waals surface area contributed by atoms with Gasteiger partial charge in [0.25, 0.3) is 11.8 Å². The lowest BCUT2D eigenvalue weighted by molar-refractivity contribution is -0.136. The van der Waals surface area contributed by atoms with Crippen molar-refractivity contribution in [3.63, 3.8) is 0 Å². The summed E-state index contributed by atoms with van der Waals surface area (Å²) in [5.41, 5.74) is 8.45. The molecule has 2 N–H and O–H groups in total. The van der Waals surface area contributed by atoms with E-state index in [2.05, 4.69) is 64.0 Å². The number of H-pyrrole nitrogens is 1. The number of aromatic nitrogens is 1. The third-order valence-electron chi connectivity index (χ3n) is 14.0. The van der Waals surface area contributed by atoms with E-state index in [0.29, 0.717) is 34.7 Å². The Morgan fingerprint density at radius 3 is 2.29 bits per heavy atom. The number of nitriles is 1. The number of hydrogen-bond donors (Lipinski definition) is 2. The molecule has 3 unspecified atom stereocenters. The molecular weight excluding hydrogens is 731 g/mol. The van der Waals surface area contributed by atoms with Crippen LogP contribution in [0.4, 0.5) is 11.4 Å². The molecule has 3 aromatic carbocycles. The number of piperazine rings is 1. The maximum atomic E-state index is 14.2. The van der Waals surface area contributed by atoms with E-state index in [1.54, 1.807) is 12.1 Å². The third kappa shape index (κ3) is 5.53. The van der Waals surface area contributed by atoms with Crippen LogP contribution in [0.1, 0.15) is 118 Å². The van der Waals surface area contributed by atoms with E-state index in [0.717, 1.165) is 109 Å². The van der Waals surface area contributed by atoms with Crippen molar-refractivity contribution in [1.29, 1.82) is 5.26 Å². The molecule has 4 saturated heterocycles. The van der Waals surface area contributed by atoms with Gasteiger partial charge in [0.05, 0.1) is 28.3 Å². The van der Waals surface area contributed by atoms with Crippen molar-refractivity contribution in [2.45, 2.75) is 89.3 Å². The zero-order valence-corrected chi connectivity index (χ0v) is 33.2. The highest BCUT2D eigenvalue weighted by Crippen LogP contribution is 2.46. The van der Waals surface area contributed by atoms with Gasteiger partial charge < -0.3 is 14.8 Å². The van der Waals surface area contributed by atoms with Gasteiger partial charge in [-0.25, -0.2) is 0 Å². The number of nitrogens with one attached hydrogen (secondary N) is 2. The number of anilines is 2. The Labute approximate surface area is 337 Å². The molecule has 0 saturated carbocycles. The van der Waals surface area contributed by atoms with Gasteiger partial charge in [-0.2, -0.15) is 5.26 Å². The SMILES string of the molecule is CCc1cc2c(cc1N1CCC(CN3CC4CCC(C3)N4c3ccc4c(c3)C(=O)N(C3CCC(=O)NC3=O)C4=O)CC1)C(C)(C)c1[nH]c3cc(C#N)ccc3c1C2=O. The first-order valence-electron chi connectivity index (χ1n) is 20.8. The first-order valence-corrected chi connectivity index (χ1v) is 20.8. The topological polar surface area (TPSA) is 150 Å². The normalized spacial score (nSPS) is 24.3. The second-order valence-electron chi connectivity index (χ2n) is 17.7. The fraction of sp³-hybridized carbons (Fsp3) is 0.435. The van der Waals surface area contributed by atoms with Crippen LogP contribution in [0.5, 0.6) is 0 Å². The summed E-state index contributed by atoms with van der Waals surface area (Å²) in [5.74, 6) is -1.30. The number of benzene rings is 3. The minimum Gasteiger partial charge on any atom is -0.371 e. The number of imide groups is 2. The monoisotopic (exact) mass is 777 g/mol. The molecule has 3 atom stereocenters. The van der Waals surface area contributed by atoms with E-state index in [4.69, 9.17) is 0 Å². The molecule has 10 rings (SSSR count). The number of piperidine rings is 2. The van der Waals surface area contributed by atoms with E-state index in [9.17, 15) is 29.2 Å². The van der Waals surface area contributed by atoms with Crippen LogP contribution in [0.15, 0.2) is 48.5 Å². The Hall–Kier alpha value is -5.80. The van der Waals surface area contributed by atoms with Crippen molar-refractivity contribution < 1.29 is 24.0 Å². The van der Waals surface area contributed by atoms with Crippen LogP contribution in [0.2, 0.25) is 0 Å². The first kappa shape index (κ1) is 36.5. The highest BCUT2D eigenvalue weighted by Gasteiger charge is 2.47. The minimum atomic E-state index is -0.972. The van der Waals surface area contributed by atoms with Crippen LogP contribution in [0.25, 0.3) is 10.9 Å². The molecule has 0 spiro atoms. The fourth-order valence-corrected chi connectivity index (χ4v) is 11.1. The predicted molar refractivity (Wildman–Crippen MR) is 218 cm³/mol. The van der Waals surface area contributed by atoms with E-state index >= 15 is 0 Å². The number of aromatic amines is 1. The Balaban J connectivity index is 0.809. The number of carbonyl (C=O) groups excluding carboxylic acids is 5. The molecule has 12 nitrogen and oxygen atoms in total. The molecule has 6 aliphatic rings. The van der Waals surface area contributed by atoms with Crippen LogP contribution >= 0.6 is 0 Å². The lowest BCUT2D eigenvalue weighted by Crippen LogP contribution is -2.55. The number of likely N-dealkylation sites (tertiary alicyclic amines) is 1. The van der Waals surface area contributed by atoms with Gasteiger partial charge in [0, 0.05) is 90.2 Å². The molecule has 4 amide bonds. The molecule has 296 valence electrons. The Morgan fingerprint density at radius 2 is 1.59 bits per heavy atom. The van der Waals surface area contributed by atoms with Crippen LogP contribution < -0.4 is 15.1 Å². The summed E-state index contributed by atoms with van der Waals surface area (Å²) in [7, 11) is 0. The molecule has 2 bridgehead atoms. The van der Waals surface area contributed by atoms with E-state index < -0.39 is 29.2 Å². The molecule has 4 fully saturated rings. The van der Waals surface area contributed by atoms with Crippen molar-refractivity contribution in [2.24, 2.45) is 5.92 Å². The fourth-order valence-electron chi connectivity index (χ4n) is 11.1. The standard InChI is InChI=1S/C46H47N7O5/c1-4-27-18-34-35(46(2,3)42-40(41(34)55)32-9-5-26(21-47)17-36(32)48-42)20-38(27)51-15-13-25(14-16-51)22-50-23-29-6-7-30(24-50)52(29)28-8-10-31-33(19-28)45(58)53(44(31)57)37-11-12-39(54)49-43(37)56/h5,8-10,17-20,25,29-30,37,48H,4,6-7,11-16,22-24H2,1-3H3,(H,49,54,56). The summed E-state index contributed by atoms with van der Waals surface area (Å²) in [6.45, 7) is 11.4. The lowest BCUT2D eigenvalue weighted by Gasteiger charge is -2.44. The lowest BCUT2D eigenvalue weighted by atomic mass is 9.70. The van der Waals surface area contributed by atoms with E-state index in [1.807, 2.05) is 24.3 Å². The van der Waals surface area contributed by atoms with Crippen molar-refractivity contribution >= 4 is 51.7 Å². The average Bonchev–Trinajstić information content (AvgIpc) is 3.83. The van der Waals surface area contributed by atoms with Gasteiger partial charge in [-0.3, -0.25) is 39.1 Å². The minimum absolute atomic E-state index is 0.0468. The molecular formula is C46H47N7O5. The second kappa shape index (κ2) is 13.4. The molecule has 58 heavy (non-hydrogen) atoms. The first-order chi connectivity index (χ1) is 27.9. The Morgan fingerprint density at radius 1 is 0.845 bits per heavy atom. The quantitative estimate of drug-likeness (QED) is 0.244. The number of amides is 4.